The highest BCUT2D eigenvalue weighted by atomic mass is 19.4. The molecule has 0 aliphatic heterocycles. The fourth-order valence-corrected chi connectivity index (χ4v) is 1.44. The standard InChI is InChI=1S/C13H16F3N5/c1-8(21-12(18)20-7-19-9(2)17)10-3-5-11(6-4-10)13(14,15)16/h3-8H,1-2H3,(H4,17,18,19,20,21). The lowest BCUT2D eigenvalue weighted by Gasteiger charge is -2.10. The number of nitrogens with two attached hydrogens (primary N) is 2. The maximum absolute atomic E-state index is 12.4. The zero-order valence-corrected chi connectivity index (χ0v) is 11.6. The first kappa shape index (κ1) is 16.7. The lowest BCUT2D eigenvalue weighted by molar-refractivity contribution is -0.137. The molecule has 0 aromatic heterocycles. The first-order valence-electron chi connectivity index (χ1n) is 6.03. The van der Waals surface area contributed by atoms with Gasteiger partial charge < -0.3 is 11.5 Å². The van der Waals surface area contributed by atoms with Crippen molar-refractivity contribution >= 4 is 18.1 Å². The van der Waals surface area contributed by atoms with E-state index in [4.69, 9.17) is 11.5 Å². The molecule has 0 saturated carbocycles. The second kappa shape index (κ2) is 6.87. The fourth-order valence-electron chi connectivity index (χ4n) is 1.44. The van der Waals surface area contributed by atoms with Crippen molar-refractivity contribution in [3.8, 4) is 0 Å². The molecule has 0 amide bonds. The summed E-state index contributed by atoms with van der Waals surface area (Å²) in [7, 11) is 0. The summed E-state index contributed by atoms with van der Waals surface area (Å²) < 4.78 is 37.3. The summed E-state index contributed by atoms with van der Waals surface area (Å²) >= 11 is 0. The van der Waals surface area contributed by atoms with E-state index in [-0.39, 0.29) is 5.96 Å². The normalized spacial score (nSPS) is 15.5. The third-order valence-electron chi connectivity index (χ3n) is 2.50. The summed E-state index contributed by atoms with van der Waals surface area (Å²) in [5, 5.41) is 0. The van der Waals surface area contributed by atoms with Crippen molar-refractivity contribution in [1.82, 2.24) is 0 Å². The molecule has 8 heteroatoms. The Labute approximate surface area is 120 Å². The van der Waals surface area contributed by atoms with Crippen LogP contribution in [0.4, 0.5) is 13.2 Å². The molecule has 1 rings (SSSR count). The number of nitrogens with zero attached hydrogens (tertiary/aromatic N) is 3. The number of benzene rings is 1. The molecule has 0 fully saturated rings. The molecule has 1 unspecified atom stereocenters. The quantitative estimate of drug-likeness (QED) is 0.663. The average molecular weight is 299 g/mol. The van der Waals surface area contributed by atoms with Crippen LogP contribution in [-0.2, 0) is 6.18 Å². The number of amidine groups is 1. The Balaban J connectivity index is 2.82. The van der Waals surface area contributed by atoms with Crippen LogP contribution in [0, 0.1) is 0 Å². The van der Waals surface area contributed by atoms with Gasteiger partial charge in [-0.1, -0.05) is 12.1 Å². The highest BCUT2D eigenvalue weighted by Gasteiger charge is 2.30. The van der Waals surface area contributed by atoms with Crippen LogP contribution in [-0.4, -0.2) is 18.1 Å². The van der Waals surface area contributed by atoms with Crippen LogP contribution in [0.15, 0.2) is 39.2 Å². The highest BCUT2D eigenvalue weighted by molar-refractivity contribution is 5.91. The maximum Gasteiger partial charge on any atom is 0.416 e. The molecule has 21 heavy (non-hydrogen) atoms. The predicted octanol–water partition coefficient (Wildman–Crippen LogP) is 2.49. The van der Waals surface area contributed by atoms with E-state index < -0.39 is 17.8 Å². The molecule has 0 spiro atoms. The molecule has 1 atom stereocenters. The zero-order chi connectivity index (χ0) is 16.0. The van der Waals surface area contributed by atoms with Gasteiger partial charge in [0, 0.05) is 0 Å². The Kier molecular flexibility index (Phi) is 5.45. The van der Waals surface area contributed by atoms with Crippen molar-refractivity contribution < 1.29 is 13.2 Å². The van der Waals surface area contributed by atoms with Gasteiger partial charge in [0.2, 0.25) is 5.96 Å². The lowest BCUT2D eigenvalue weighted by Crippen LogP contribution is -2.11. The van der Waals surface area contributed by atoms with E-state index >= 15 is 0 Å². The van der Waals surface area contributed by atoms with Gasteiger partial charge in [0.05, 0.1) is 17.4 Å². The van der Waals surface area contributed by atoms with Crippen LogP contribution in [0.5, 0.6) is 0 Å². The van der Waals surface area contributed by atoms with E-state index in [0.717, 1.165) is 18.5 Å². The fraction of sp³-hybridized carbons (Fsp3) is 0.308. The SMILES string of the molecule is CC(N)=N/C=N\C(N)=NC(C)c1ccc(C(F)(F)F)cc1. The first-order valence-corrected chi connectivity index (χ1v) is 6.03. The van der Waals surface area contributed by atoms with Gasteiger partial charge in [0.15, 0.2) is 0 Å². The van der Waals surface area contributed by atoms with Crippen LogP contribution in [0.1, 0.15) is 31.0 Å². The average Bonchev–Trinajstić information content (AvgIpc) is 2.37. The van der Waals surface area contributed by atoms with Crippen molar-refractivity contribution in [1.29, 1.82) is 0 Å². The van der Waals surface area contributed by atoms with Gasteiger partial charge in [0.25, 0.3) is 0 Å². The molecular weight excluding hydrogens is 283 g/mol. The Morgan fingerprint density at radius 2 is 1.76 bits per heavy atom. The largest absolute Gasteiger partial charge is 0.416 e. The van der Waals surface area contributed by atoms with Crippen molar-refractivity contribution in [2.45, 2.75) is 26.1 Å². The Bertz CT molecular complexity index is 554. The molecule has 114 valence electrons. The van der Waals surface area contributed by atoms with Crippen LogP contribution < -0.4 is 11.5 Å². The highest BCUT2D eigenvalue weighted by Crippen LogP contribution is 2.30. The summed E-state index contributed by atoms with van der Waals surface area (Å²) in [4.78, 5) is 11.5. The molecule has 1 aromatic carbocycles. The summed E-state index contributed by atoms with van der Waals surface area (Å²) in [5.74, 6) is 0.287. The van der Waals surface area contributed by atoms with Crippen molar-refractivity contribution in [3.63, 3.8) is 0 Å². The van der Waals surface area contributed by atoms with Gasteiger partial charge in [-0.2, -0.15) is 13.2 Å². The molecule has 0 bridgehead atoms. The number of rotatable bonds is 3. The molecule has 0 heterocycles. The molecule has 0 saturated heterocycles. The summed E-state index contributed by atoms with van der Waals surface area (Å²) in [6, 6.07) is 4.30. The summed E-state index contributed by atoms with van der Waals surface area (Å²) in [6.07, 6.45) is -3.19. The smallest absolute Gasteiger partial charge is 0.387 e. The third-order valence-corrected chi connectivity index (χ3v) is 2.50. The second-order valence-electron chi connectivity index (χ2n) is 4.30. The van der Waals surface area contributed by atoms with Gasteiger partial charge in [-0.3, -0.25) is 0 Å². The molecule has 0 aliphatic rings. The molecule has 0 aliphatic carbocycles. The van der Waals surface area contributed by atoms with Gasteiger partial charge in [-0.05, 0) is 31.5 Å². The van der Waals surface area contributed by atoms with E-state index in [9.17, 15) is 13.2 Å². The van der Waals surface area contributed by atoms with Gasteiger partial charge in [0.1, 0.15) is 6.34 Å². The first-order chi connectivity index (χ1) is 9.70. The lowest BCUT2D eigenvalue weighted by atomic mass is 10.1. The van der Waals surface area contributed by atoms with E-state index in [2.05, 4.69) is 15.0 Å². The minimum absolute atomic E-state index is 0.0348. The van der Waals surface area contributed by atoms with Crippen LogP contribution in [0.3, 0.4) is 0 Å². The van der Waals surface area contributed by atoms with Crippen LogP contribution in [0.2, 0.25) is 0 Å². The molecule has 0 radical (unpaired) electrons. The number of hydrogen-bond donors (Lipinski definition) is 2. The number of hydrogen-bond acceptors (Lipinski definition) is 1. The van der Waals surface area contributed by atoms with Crippen molar-refractivity contribution in [2.24, 2.45) is 26.4 Å². The van der Waals surface area contributed by atoms with Crippen molar-refractivity contribution in [3.05, 3.63) is 35.4 Å². The van der Waals surface area contributed by atoms with Gasteiger partial charge in [-0.15, -0.1) is 0 Å². The minimum atomic E-state index is -4.35. The summed E-state index contributed by atoms with van der Waals surface area (Å²) in [5.41, 5.74) is 10.8. The van der Waals surface area contributed by atoms with Gasteiger partial charge >= 0.3 is 6.18 Å². The molecule has 5 nitrogen and oxygen atoms in total. The van der Waals surface area contributed by atoms with E-state index in [1.54, 1.807) is 13.8 Å². The van der Waals surface area contributed by atoms with Crippen LogP contribution >= 0.6 is 0 Å². The van der Waals surface area contributed by atoms with E-state index in [0.29, 0.717) is 11.4 Å². The van der Waals surface area contributed by atoms with Gasteiger partial charge in [-0.25, -0.2) is 15.0 Å². The molecule has 1 aromatic rings. The monoisotopic (exact) mass is 299 g/mol. The molecule has 4 N–H and O–H groups in total. The van der Waals surface area contributed by atoms with Crippen molar-refractivity contribution in [2.75, 3.05) is 0 Å². The second-order valence-corrected chi connectivity index (χ2v) is 4.30. The molecular formula is C13H16F3N5. The minimum Gasteiger partial charge on any atom is -0.387 e. The van der Waals surface area contributed by atoms with E-state index in [1.165, 1.54) is 12.1 Å². The zero-order valence-electron chi connectivity index (χ0n) is 11.6. The maximum atomic E-state index is 12.4. The number of alkyl halides is 3. The number of guanidine groups is 1. The summed E-state index contributed by atoms with van der Waals surface area (Å²) in [6.45, 7) is 3.28. The third kappa shape index (κ3) is 5.64. The number of aliphatic imine (C=N–C) groups is 3. The Morgan fingerprint density at radius 3 is 2.24 bits per heavy atom. The topological polar surface area (TPSA) is 89.1 Å². The van der Waals surface area contributed by atoms with E-state index in [1.807, 2.05) is 0 Å². The Morgan fingerprint density at radius 1 is 1.19 bits per heavy atom. The Hall–Kier alpha value is -2.38. The predicted molar refractivity (Wildman–Crippen MR) is 77.3 cm³/mol. The number of halogens is 3. The van der Waals surface area contributed by atoms with Crippen LogP contribution in [0.25, 0.3) is 0 Å².